The zero-order valence-electron chi connectivity index (χ0n) is 29.0. The summed E-state index contributed by atoms with van der Waals surface area (Å²) < 4.78 is 58.6. The average molecular weight is 720 g/mol. The molecular weight excluding hydrogens is 675 g/mol. The topological polar surface area (TPSA) is 109 Å². The van der Waals surface area contributed by atoms with Crippen molar-refractivity contribution in [3.8, 4) is 11.3 Å². The Balaban J connectivity index is 1.37. The Labute approximate surface area is 301 Å². The molecule has 6 rings (SSSR count). The van der Waals surface area contributed by atoms with Crippen molar-refractivity contribution in [3.63, 3.8) is 0 Å². The first-order valence-corrected chi connectivity index (χ1v) is 17.6. The predicted octanol–water partition coefficient (Wildman–Crippen LogP) is 6.34. The SMILES string of the molecule is C[C@@H](CO)NC(=O)N(CC1CN(C(=O)OCc2ccccc2)CC1F)C(c1nc(-c2cc(F)ccc2F)cn1Cc1ccccc1)C1CCOCC1. The molecule has 2 aliphatic rings. The van der Waals surface area contributed by atoms with Crippen LogP contribution in [0.5, 0.6) is 0 Å². The molecule has 276 valence electrons. The van der Waals surface area contributed by atoms with Gasteiger partial charge in [-0.25, -0.2) is 27.7 Å². The van der Waals surface area contributed by atoms with E-state index in [1.54, 1.807) is 13.1 Å². The van der Waals surface area contributed by atoms with Crippen molar-refractivity contribution in [2.75, 3.05) is 39.5 Å². The summed E-state index contributed by atoms with van der Waals surface area (Å²) in [5.41, 5.74) is 1.85. The number of likely N-dealkylation sites (tertiary alicyclic amines) is 1. The zero-order valence-corrected chi connectivity index (χ0v) is 29.0. The van der Waals surface area contributed by atoms with E-state index >= 15 is 8.78 Å². The van der Waals surface area contributed by atoms with Crippen molar-refractivity contribution < 1.29 is 37.3 Å². The first-order valence-electron chi connectivity index (χ1n) is 17.6. The number of aliphatic hydroxyl groups is 1. The molecule has 0 radical (unpaired) electrons. The molecule has 52 heavy (non-hydrogen) atoms. The van der Waals surface area contributed by atoms with Gasteiger partial charge in [0.05, 0.1) is 30.9 Å². The number of halogens is 3. The molecule has 0 saturated carbocycles. The Bertz CT molecular complexity index is 1790. The van der Waals surface area contributed by atoms with Gasteiger partial charge in [0.1, 0.15) is 30.2 Å². The van der Waals surface area contributed by atoms with E-state index < -0.39 is 47.9 Å². The molecule has 4 atom stereocenters. The van der Waals surface area contributed by atoms with E-state index in [9.17, 15) is 19.1 Å². The number of imidazole rings is 1. The van der Waals surface area contributed by atoms with Crippen molar-refractivity contribution in [3.05, 3.63) is 114 Å². The number of ether oxygens (including phenoxy) is 2. The third-order valence-electron chi connectivity index (χ3n) is 9.68. The Morgan fingerprint density at radius 1 is 1.02 bits per heavy atom. The molecule has 0 aliphatic carbocycles. The van der Waals surface area contributed by atoms with Crippen LogP contribution in [0, 0.1) is 23.5 Å². The van der Waals surface area contributed by atoms with Gasteiger partial charge < -0.3 is 34.3 Å². The van der Waals surface area contributed by atoms with Gasteiger partial charge in [-0.05, 0) is 55.0 Å². The van der Waals surface area contributed by atoms with Crippen molar-refractivity contribution in [2.45, 2.75) is 51.2 Å². The van der Waals surface area contributed by atoms with Gasteiger partial charge in [-0.15, -0.1) is 0 Å². The maximum atomic E-state index is 15.9. The minimum atomic E-state index is -1.47. The number of carbonyl (C=O) groups is 2. The molecule has 2 aliphatic heterocycles. The van der Waals surface area contributed by atoms with Crippen LogP contribution in [0.3, 0.4) is 0 Å². The van der Waals surface area contributed by atoms with Gasteiger partial charge in [-0.1, -0.05) is 60.7 Å². The Morgan fingerprint density at radius 2 is 1.71 bits per heavy atom. The van der Waals surface area contributed by atoms with Crippen LogP contribution >= 0.6 is 0 Å². The summed E-state index contributed by atoms with van der Waals surface area (Å²) in [6.07, 6.45) is 0.629. The van der Waals surface area contributed by atoms with Crippen molar-refractivity contribution in [1.29, 1.82) is 0 Å². The van der Waals surface area contributed by atoms with Crippen LogP contribution in [0.25, 0.3) is 11.3 Å². The van der Waals surface area contributed by atoms with Gasteiger partial charge in [0.25, 0.3) is 0 Å². The summed E-state index contributed by atoms with van der Waals surface area (Å²) in [6, 6.07) is 19.9. The predicted molar refractivity (Wildman–Crippen MR) is 188 cm³/mol. The van der Waals surface area contributed by atoms with Crippen LogP contribution in [0.4, 0.5) is 22.8 Å². The number of aliphatic hydroxyl groups excluding tert-OH is 1. The molecule has 2 N–H and O–H groups in total. The van der Waals surface area contributed by atoms with Crippen LogP contribution in [0.2, 0.25) is 0 Å². The molecule has 4 aromatic rings. The normalized spacial score (nSPS) is 18.9. The van der Waals surface area contributed by atoms with Crippen molar-refractivity contribution in [2.24, 2.45) is 11.8 Å². The van der Waals surface area contributed by atoms with E-state index in [4.69, 9.17) is 14.5 Å². The van der Waals surface area contributed by atoms with E-state index in [1.807, 2.05) is 65.2 Å². The maximum Gasteiger partial charge on any atom is 0.410 e. The van der Waals surface area contributed by atoms with Crippen molar-refractivity contribution in [1.82, 2.24) is 24.7 Å². The number of nitrogens with zero attached hydrogens (tertiary/aromatic N) is 4. The third-order valence-corrected chi connectivity index (χ3v) is 9.68. The summed E-state index contributed by atoms with van der Waals surface area (Å²) in [4.78, 5) is 35.1. The number of hydrogen-bond acceptors (Lipinski definition) is 6. The second kappa shape index (κ2) is 17.1. The van der Waals surface area contributed by atoms with Crippen molar-refractivity contribution >= 4 is 12.1 Å². The van der Waals surface area contributed by atoms with E-state index in [2.05, 4.69) is 5.32 Å². The van der Waals surface area contributed by atoms with Gasteiger partial charge in [0.15, 0.2) is 0 Å². The lowest BCUT2D eigenvalue weighted by Gasteiger charge is -2.40. The zero-order chi connectivity index (χ0) is 36.6. The van der Waals surface area contributed by atoms with E-state index in [0.29, 0.717) is 38.4 Å². The standard InChI is InChI=1S/C39H44F3N5O5/c1-26(24-48)43-38(49)47(21-30-20-46(22-34(30)42)39(50)52-25-28-10-6-3-7-11-28)36(29-14-16-51-17-15-29)37-44-35(32-18-31(40)12-13-33(32)41)23-45(37)19-27-8-4-2-5-9-27/h2-13,18,23,26,29-30,34,36,48H,14-17,19-22,24-25H2,1H3,(H,43,49)/t26-,30?,34?,36?/m0/s1. The molecule has 3 aromatic carbocycles. The Morgan fingerprint density at radius 3 is 2.40 bits per heavy atom. The monoisotopic (exact) mass is 719 g/mol. The van der Waals surface area contributed by atoms with E-state index in [-0.39, 0.29) is 50.0 Å². The molecule has 2 saturated heterocycles. The number of nitrogens with one attached hydrogen (secondary N) is 1. The third kappa shape index (κ3) is 8.94. The fourth-order valence-electron chi connectivity index (χ4n) is 6.91. The Kier molecular flexibility index (Phi) is 12.1. The lowest BCUT2D eigenvalue weighted by Crippen LogP contribution is -2.51. The number of benzene rings is 3. The lowest BCUT2D eigenvalue weighted by atomic mass is 9.89. The summed E-state index contributed by atoms with van der Waals surface area (Å²) in [6.45, 7) is 2.21. The number of carbonyl (C=O) groups excluding carboxylic acids is 2. The smallest absolute Gasteiger partial charge is 0.410 e. The number of aromatic nitrogens is 2. The van der Waals surface area contributed by atoms with Gasteiger partial charge in [0.2, 0.25) is 0 Å². The second-order valence-corrected chi connectivity index (χ2v) is 13.5. The van der Waals surface area contributed by atoms with Gasteiger partial charge >= 0.3 is 12.1 Å². The first-order chi connectivity index (χ1) is 25.2. The average Bonchev–Trinajstić information content (AvgIpc) is 3.75. The molecule has 3 unspecified atom stereocenters. The Hall–Kier alpha value is -4.88. The highest BCUT2D eigenvalue weighted by molar-refractivity contribution is 5.75. The van der Waals surface area contributed by atoms with Gasteiger partial charge in [-0.3, -0.25) is 0 Å². The molecular formula is C39H44F3N5O5. The fraction of sp³-hybridized carbons (Fsp3) is 0.410. The number of alkyl halides is 1. The quantitative estimate of drug-likeness (QED) is 0.177. The van der Waals surface area contributed by atoms with Crippen LogP contribution in [-0.2, 0) is 22.6 Å². The summed E-state index contributed by atoms with van der Waals surface area (Å²) in [7, 11) is 0. The van der Waals surface area contributed by atoms with Crippen LogP contribution in [0.1, 0.15) is 42.8 Å². The largest absolute Gasteiger partial charge is 0.445 e. The molecule has 0 bridgehead atoms. The lowest BCUT2D eigenvalue weighted by molar-refractivity contribution is 0.0251. The highest BCUT2D eigenvalue weighted by Gasteiger charge is 2.43. The van der Waals surface area contributed by atoms with E-state index in [1.165, 1.54) is 9.80 Å². The highest BCUT2D eigenvalue weighted by atomic mass is 19.1. The summed E-state index contributed by atoms with van der Waals surface area (Å²) >= 11 is 0. The van der Waals surface area contributed by atoms with Gasteiger partial charge in [-0.2, -0.15) is 0 Å². The number of urea groups is 1. The molecule has 3 amide bonds. The fourth-order valence-corrected chi connectivity index (χ4v) is 6.91. The molecule has 0 spiro atoms. The summed E-state index contributed by atoms with van der Waals surface area (Å²) in [5, 5.41) is 12.7. The highest BCUT2D eigenvalue weighted by Crippen LogP contribution is 2.38. The minimum absolute atomic E-state index is 0.00678. The van der Waals surface area contributed by atoms with Crippen LogP contribution in [-0.4, -0.2) is 88.3 Å². The number of hydrogen-bond donors (Lipinski definition) is 2. The van der Waals surface area contributed by atoms with Crippen LogP contribution < -0.4 is 5.32 Å². The molecule has 3 heterocycles. The number of rotatable bonds is 12. The molecule has 2 fully saturated rings. The molecule has 1 aromatic heterocycles. The van der Waals surface area contributed by atoms with Gasteiger partial charge in [0, 0.05) is 50.5 Å². The maximum absolute atomic E-state index is 15.9. The first kappa shape index (κ1) is 36.9. The summed E-state index contributed by atoms with van der Waals surface area (Å²) in [5.74, 6) is -1.86. The molecule has 13 heteroatoms. The second-order valence-electron chi connectivity index (χ2n) is 13.5. The molecule has 10 nitrogen and oxygen atoms in total. The number of amides is 3. The van der Waals surface area contributed by atoms with Crippen LogP contribution in [0.15, 0.2) is 85.1 Å². The van der Waals surface area contributed by atoms with E-state index in [0.717, 1.165) is 29.3 Å². The minimum Gasteiger partial charge on any atom is -0.445 e.